The van der Waals surface area contributed by atoms with E-state index >= 15 is 0 Å². The van der Waals surface area contributed by atoms with E-state index in [1.54, 1.807) is 17.9 Å². The van der Waals surface area contributed by atoms with Gasteiger partial charge in [0.2, 0.25) is 5.60 Å². The lowest BCUT2D eigenvalue weighted by Gasteiger charge is -2.35. The molecule has 2 fully saturated rings. The van der Waals surface area contributed by atoms with Gasteiger partial charge >= 0.3 is 11.9 Å². The quantitative estimate of drug-likeness (QED) is 0.321. The molecule has 3 atom stereocenters. The third kappa shape index (κ3) is 2.69. The van der Waals surface area contributed by atoms with E-state index in [4.69, 9.17) is 9.47 Å². The van der Waals surface area contributed by atoms with Gasteiger partial charge in [0.05, 0.1) is 6.61 Å². The predicted molar refractivity (Wildman–Crippen MR) is 89.6 cm³/mol. The number of nitrogens with zero attached hydrogens (tertiary/aromatic N) is 1. The summed E-state index contributed by atoms with van der Waals surface area (Å²) in [6.07, 6.45) is 2.69. The monoisotopic (exact) mass is 365 g/mol. The van der Waals surface area contributed by atoms with Crippen LogP contribution in [-0.4, -0.2) is 75.9 Å². The summed E-state index contributed by atoms with van der Waals surface area (Å²) in [6, 6.07) is 0. The number of carbonyl (C=O) groups is 2. The number of hydrogen-bond donors (Lipinski definition) is 3. The van der Waals surface area contributed by atoms with Crippen molar-refractivity contribution >= 4 is 11.9 Å². The Morgan fingerprint density at radius 1 is 1.42 bits per heavy atom. The number of rotatable bonds is 1. The maximum Gasteiger partial charge on any atom is 0.345 e. The predicted octanol–water partition coefficient (Wildman–Crippen LogP) is -0.595. The smallest absolute Gasteiger partial charge is 0.345 e. The van der Waals surface area contributed by atoms with Crippen molar-refractivity contribution in [3.63, 3.8) is 0 Å². The van der Waals surface area contributed by atoms with E-state index in [0.29, 0.717) is 25.1 Å². The average molecular weight is 365 g/mol. The molecule has 8 nitrogen and oxygen atoms in total. The molecule has 142 valence electrons. The van der Waals surface area contributed by atoms with Crippen molar-refractivity contribution in [3.8, 4) is 0 Å². The second-order valence-corrected chi connectivity index (χ2v) is 6.77. The number of hydrogen-bond acceptors (Lipinski definition) is 8. The van der Waals surface area contributed by atoms with Crippen LogP contribution in [0.5, 0.6) is 0 Å². The minimum Gasteiger partial charge on any atom is -0.459 e. The zero-order valence-electron chi connectivity index (χ0n) is 14.6. The van der Waals surface area contributed by atoms with Gasteiger partial charge in [-0.3, -0.25) is 4.90 Å². The highest BCUT2D eigenvalue weighted by Crippen LogP contribution is 2.40. The van der Waals surface area contributed by atoms with Crippen molar-refractivity contribution < 1.29 is 34.4 Å². The zero-order valence-corrected chi connectivity index (χ0v) is 14.6. The third-order valence-electron chi connectivity index (χ3n) is 5.40. The number of aliphatic hydroxyl groups excluding tert-OH is 1. The molecule has 3 heterocycles. The standard InChI is InChI=1S/C18H23NO7/c1-3-12-8-11(2)17(23,10-20)16(22)25-9-13-4-6-19-7-5-14(18(13,19)24)26-15(12)21/h3-4,14,20,23-24H,2,5-10H2,1H3/b12-3-. The first kappa shape index (κ1) is 18.8. The number of cyclic esters (lactones) is 1. The van der Waals surface area contributed by atoms with Crippen molar-refractivity contribution in [1.82, 2.24) is 4.90 Å². The molecule has 0 bridgehead atoms. The summed E-state index contributed by atoms with van der Waals surface area (Å²) in [5.74, 6) is -1.73. The second-order valence-electron chi connectivity index (χ2n) is 6.77. The van der Waals surface area contributed by atoms with Crippen molar-refractivity contribution in [2.24, 2.45) is 0 Å². The molecule has 26 heavy (non-hydrogen) atoms. The van der Waals surface area contributed by atoms with Gasteiger partial charge in [-0.15, -0.1) is 0 Å². The van der Waals surface area contributed by atoms with Crippen LogP contribution in [0.15, 0.2) is 35.5 Å². The molecule has 0 spiro atoms. The highest BCUT2D eigenvalue weighted by molar-refractivity contribution is 5.90. The molecule has 3 aliphatic heterocycles. The number of ether oxygens (including phenoxy) is 2. The molecule has 0 aromatic carbocycles. The van der Waals surface area contributed by atoms with Crippen LogP contribution in [0.3, 0.4) is 0 Å². The SMILES string of the molecule is C=C1C/C(=C/C)C(=O)OC2CCN3CC=C(COC(=O)C1(O)CO)C23O. The van der Waals surface area contributed by atoms with Gasteiger partial charge in [-0.05, 0) is 12.5 Å². The third-order valence-corrected chi connectivity index (χ3v) is 5.40. The van der Waals surface area contributed by atoms with E-state index in [1.165, 1.54) is 6.08 Å². The van der Waals surface area contributed by atoms with Crippen LogP contribution in [-0.2, 0) is 19.1 Å². The zero-order chi connectivity index (χ0) is 19.1. The molecule has 0 saturated carbocycles. The van der Waals surface area contributed by atoms with Crippen LogP contribution in [0.25, 0.3) is 0 Å². The molecule has 3 rings (SSSR count). The van der Waals surface area contributed by atoms with Crippen LogP contribution < -0.4 is 0 Å². The van der Waals surface area contributed by atoms with Crippen molar-refractivity contribution in [3.05, 3.63) is 35.5 Å². The second kappa shape index (κ2) is 6.62. The summed E-state index contributed by atoms with van der Waals surface area (Å²) in [4.78, 5) is 26.7. The lowest BCUT2D eigenvalue weighted by atomic mass is 9.90. The molecule has 0 aromatic rings. The van der Waals surface area contributed by atoms with Gasteiger partial charge in [-0.25, -0.2) is 9.59 Å². The Labute approximate surface area is 151 Å². The minimum absolute atomic E-state index is 0.0701. The topological polar surface area (TPSA) is 117 Å². The fourth-order valence-corrected chi connectivity index (χ4v) is 3.62. The summed E-state index contributed by atoms with van der Waals surface area (Å²) in [5, 5.41) is 31.2. The normalized spacial score (nSPS) is 37.5. The Morgan fingerprint density at radius 3 is 2.81 bits per heavy atom. The first-order valence-electron chi connectivity index (χ1n) is 8.49. The van der Waals surface area contributed by atoms with Gasteiger partial charge in [-0.1, -0.05) is 18.7 Å². The molecule has 0 aromatic heterocycles. The summed E-state index contributed by atoms with van der Waals surface area (Å²) >= 11 is 0. The fourth-order valence-electron chi connectivity index (χ4n) is 3.62. The molecule has 3 N–H and O–H groups in total. The van der Waals surface area contributed by atoms with Gasteiger partial charge in [0.25, 0.3) is 0 Å². The molecule has 3 unspecified atom stereocenters. The number of allylic oxidation sites excluding steroid dienone is 1. The Hall–Kier alpha value is -2.00. The van der Waals surface area contributed by atoms with E-state index in [0.717, 1.165) is 0 Å². The molecular weight excluding hydrogens is 342 g/mol. The Kier molecular flexibility index (Phi) is 4.78. The number of esters is 2. The van der Waals surface area contributed by atoms with E-state index in [1.807, 2.05) is 0 Å². The number of aliphatic hydroxyl groups is 3. The first-order chi connectivity index (χ1) is 12.3. The van der Waals surface area contributed by atoms with Gasteiger partial charge < -0.3 is 24.8 Å². The van der Waals surface area contributed by atoms with Crippen molar-refractivity contribution in [2.45, 2.75) is 37.2 Å². The van der Waals surface area contributed by atoms with E-state index in [2.05, 4.69) is 6.58 Å². The fraction of sp³-hybridized carbons (Fsp3) is 0.556. The molecule has 0 radical (unpaired) electrons. The summed E-state index contributed by atoms with van der Waals surface area (Å²) in [7, 11) is 0. The molecule has 8 heteroatoms. The largest absolute Gasteiger partial charge is 0.459 e. The Balaban J connectivity index is 2.00. The highest BCUT2D eigenvalue weighted by Gasteiger charge is 2.55. The van der Waals surface area contributed by atoms with E-state index < -0.39 is 36.0 Å². The van der Waals surface area contributed by atoms with Gasteiger partial charge in [-0.2, -0.15) is 0 Å². The molecule has 0 aliphatic carbocycles. The molecule has 0 amide bonds. The summed E-state index contributed by atoms with van der Waals surface area (Å²) < 4.78 is 10.7. The first-order valence-corrected chi connectivity index (χ1v) is 8.49. The van der Waals surface area contributed by atoms with Crippen molar-refractivity contribution in [2.75, 3.05) is 26.3 Å². The van der Waals surface area contributed by atoms with E-state index in [-0.39, 0.29) is 24.2 Å². The lowest BCUT2D eigenvalue weighted by Crippen LogP contribution is -2.52. The van der Waals surface area contributed by atoms with Crippen LogP contribution in [0.4, 0.5) is 0 Å². The molecule has 3 aliphatic rings. The number of carbonyl (C=O) groups excluding carboxylic acids is 2. The average Bonchev–Trinajstić information content (AvgIpc) is 3.11. The lowest BCUT2D eigenvalue weighted by molar-refractivity contribution is -0.172. The highest BCUT2D eigenvalue weighted by atomic mass is 16.6. The Morgan fingerprint density at radius 2 is 2.15 bits per heavy atom. The maximum absolute atomic E-state index is 12.6. The Bertz CT molecular complexity index is 712. The summed E-state index contributed by atoms with van der Waals surface area (Å²) in [6.45, 7) is 5.00. The van der Waals surface area contributed by atoms with Crippen LogP contribution in [0.2, 0.25) is 0 Å². The van der Waals surface area contributed by atoms with Crippen molar-refractivity contribution in [1.29, 1.82) is 0 Å². The van der Waals surface area contributed by atoms with Gasteiger partial charge in [0, 0.05) is 37.1 Å². The van der Waals surface area contributed by atoms with Crippen LogP contribution in [0.1, 0.15) is 19.8 Å². The molecular formula is C18H23NO7. The minimum atomic E-state index is -2.34. The van der Waals surface area contributed by atoms with Gasteiger partial charge in [0.1, 0.15) is 12.7 Å². The van der Waals surface area contributed by atoms with Crippen LogP contribution >= 0.6 is 0 Å². The van der Waals surface area contributed by atoms with Gasteiger partial charge in [0.15, 0.2) is 5.72 Å². The summed E-state index contributed by atoms with van der Waals surface area (Å²) in [5.41, 5.74) is -3.40. The van der Waals surface area contributed by atoms with E-state index in [9.17, 15) is 24.9 Å². The maximum atomic E-state index is 12.6. The van der Waals surface area contributed by atoms with Crippen LogP contribution in [0, 0.1) is 0 Å². The molecule has 2 saturated heterocycles.